The summed E-state index contributed by atoms with van der Waals surface area (Å²) >= 11 is 0. The van der Waals surface area contributed by atoms with Gasteiger partial charge in [-0.05, 0) is 25.1 Å². The number of methoxy groups -OCH3 is 1. The van der Waals surface area contributed by atoms with Crippen molar-refractivity contribution in [3.05, 3.63) is 36.2 Å². The monoisotopic (exact) mass is 284 g/mol. The van der Waals surface area contributed by atoms with Gasteiger partial charge in [0.1, 0.15) is 5.75 Å². The Morgan fingerprint density at radius 3 is 2.86 bits per heavy atom. The number of ether oxygens (including phenoxy) is 1. The van der Waals surface area contributed by atoms with E-state index in [9.17, 15) is 4.79 Å². The van der Waals surface area contributed by atoms with Gasteiger partial charge in [-0.1, -0.05) is 0 Å². The van der Waals surface area contributed by atoms with Crippen molar-refractivity contribution < 1.29 is 14.6 Å². The van der Waals surface area contributed by atoms with Gasteiger partial charge in [0.15, 0.2) is 0 Å². The van der Waals surface area contributed by atoms with Gasteiger partial charge in [-0.2, -0.15) is 0 Å². The van der Waals surface area contributed by atoms with Gasteiger partial charge < -0.3 is 14.4 Å². The Morgan fingerprint density at radius 1 is 1.33 bits per heavy atom. The molecule has 2 heterocycles. The van der Waals surface area contributed by atoms with Gasteiger partial charge in [0.25, 0.3) is 0 Å². The number of rotatable bonds is 4. The second-order valence-corrected chi connectivity index (χ2v) is 4.97. The second kappa shape index (κ2) is 5.09. The van der Waals surface area contributed by atoms with Crippen molar-refractivity contribution in [1.29, 1.82) is 0 Å². The van der Waals surface area contributed by atoms with Gasteiger partial charge in [0.05, 0.1) is 30.3 Å². The lowest BCUT2D eigenvalue weighted by Gasteiger charge is -2.07. The zero-order valence-corrected chi connectivity index (χ0v) is 12.0. The van der Waals surface area contributed by atoms with E-state index in [1.807, 2.05) is 35.8 Å². The molecule has 0 aliphatic carbocycles. The Kier molecular flexibility index (Phi) is 3.25. The Balaban J connectivity index is 2.33. The molecule has 5 heteroatoms. The van der Waals surface area contributed by atoms with E-state index in [2.05, 4.69) is 4.98 Å². The van der Waals surface area contributed by atoms with Crippen molar-refractivity contribution in [2.24, 2.45) is 0 Å². The van der Waals surface area contributed by atoms with Crippen LogP contribution in [0, 0.1) is 6.92 Å². The third-order valence-corrected chi connectivity index (χ3v) is 3.71. The van der Waals surface area contributed by atoms with Crippen molar-refractivity contribution in [1.82, 2.24) is 9.55 Å². The van der Waals surface area contributed by atoms with Crippen LogP contribution < -0.4 is 4.74 Å². The molecule has 0 saturated carbocycles. The minimum Gasteiger partial charge on any atom is -0.497 e. The fourth-order valence-electron chi connectivity index (χ4n) is 2.77. The third-order valence-electron chi connectivity index (χ3n) is 3.71. The molecule has 0 amide bonds. The van der Waals surface area contributed by atoms with Crippen LogP contribution in [-0.4, -0.2) is 27.7 Å². The number of aromatic nitrogens is 2. The number of benzene rings is 1. The predicted molar refractivity (Wildman–Crippen MR) is 80.8 cm³/mol. The highest BCUT2D eigenvalue weighted by atomic mass is 16.5. The minimum absolute atomic E-state index is 0.0738. The topological polar surface area (TPSA) is 64.4 Å². The first-order valence-corrected chi connectivity index (χ1v) is 6.75. The summed E-state index contributed by atoms with van der Waals surface area (Å²) in [4.78, 5) is 15.3. The molecule has 2 aromatic heterocycles. The molecule has 0 radical (unpaired) electrons. The van der Waals surface area contributed by atoms with Crippen molar-refractivity contribution in [2.75, 3.05) is 7.11 Å². The van der Waals surface area contributed by atoms with Crippen LogP contribution in [0.2, 0.25) is 0 Å². The lowest BCUT2D eigenvalue weighted by atomic mass is 10.1. The first-order chi connectivity index (χ1) is 10.1. The Hall–Kier alpha value is -2.56. The average Bonchev–Trinajstić information content (AvgIpc) is 2.79. The summed E-state index contributed by atoms with van der Waals surface area (Å²) in [5.41, 5.74) is 2.86. The van der Waals surface area contributed by atoms with Crippen LogP contribution in [0.1, 0.15) is 12.1 Å². The molecule has 3 rings (SSSR count). The van der Waals surface area contributed by atoms with Crippen LogP contribution in [-0.2, 0) is 11.3 Å². The highest BCUT2D eigenvalue weighted by Gasteiger charge is 2.14. The highest BCUT2D eigenvalue weighted by molar-refractivity contribution is 6.09. The summed E-state index contributed by atoms with van der Waals surface area (Å²) in [5.74, 6) is -0.0538. The number of aliphatic carboxylic acids is 1. The third kappa shape index (κ3) is 2.20. The zero-order valence-electron chi connectivity index (χ0n) is 12.0. The lowest BCUT2D eigenvalue weighted by molar-refractivity contribution is -0.137. The summed E-state index contributed by atoms with van der Waals surface area (Å²) in [6, 6.07) is 7.83. The highest BCUT2D eigenvalue weighted by Crippen LogP contribution is 2.32. The molecule has 0 atom stereocenters. The molecule has 3 aromatic rings. The average molecular weight is 284 g/mol. The fraction of sp³-hybridized carbons (Fsp3) is 0.250. The van der Waals surface area contributed by atoms with E-state index < -0.39 is 5.97 Å². The maximum absolute atomic E-state index is 10.9. The molecular formula is C16H16N2O3. The van der Waals surface area contributed by atoms with Crippen LogP contribution in [0.25, 0.3) is 21.8 Å². The molecule has 1 aromatic carbocycles. The number of pyridine rings is 1. The quantitative estimate of drug-likeness (QED) is 0.800. The van der Waals surface area contributed by atoms with Crippen LogP contribution in [0.5, 0.6) is 5.75 Å². The van der Waals surface area contributed by atoms with E-state index in [1.54, 1.807) is 13.3 Å². The van der Waals surface area contributed by atoms with Gasteiger partial charge in [-0.3, -0.25) is 9.78 Å². The standard InChI is InChI=1S/C16H16N2O3/c1-10-16-13(5-7-17-10)12-4-3-11(21-2)9-14(12)18(16)8-6-15(19)20/h3-5,7,9H,6,8H2,1-2H3,(H,19,20). The van der Waals surface area contributed by atoms with Crippen LogP contribution in [0.3, 0.4) is 0 Å². The van der Waals surface area contributed by atoms with Crippen LogP contribution in [0.4, 0.5) is 0 Å². The molecule has 0 fully saturated rings. The predicted octanol–water partition coefficient (Wildman–Crippen LogP) is 2.98. The molecule has 0 unspecified atom stereocenters. The zero-order chi connectivity index (χ0) is 15.0. The summed E-state index contributed by atoms with van der Waals surface area (Å²) in [6.07, 6.45) is 1.85. The number of aryl methyl sites for hydroxylation is 2. The molecular weight excluding hydrogens is 268 g/mol. The maximum Gasteiger partial charge on any atom is 0.305 e. The number of hydrogen-bond donors (Lipinski definition) is 1. The van der Waals surface area contributed by atoms with E-state index >= 15 is 0 Å². The number of carbonyl (C=O) groups is 1. The number of hydrogen-bond acceptors (Lipinski definition) is 3. The summed E-state index contributed by atoms with van der Waals surface area (Å²) in [5, 5.41) is 11.1. The normalized spacial score (nSPS) is 11.1. The van der Waals surface area contributed by atoms with Crippen molar-refractivity contribution in [3.8, 4) is 5.75 Å². The van der Waals surface area contributed by atoms with Gasteiger partial charge in [0.2, 0.25) is 0 Å². The SMILES string of the molecule is COc1ccc2c3ccnc(C)c3n(CCC(=O)O)c2c1. The summed E-state index contributed by atoms with van der Waals surface area (Å²) in [6.45, 7) is 2.35. The number of carboxylic acid groups (broad SMARTS) is 1. The molecule has 0 saturated heterocycles. The first-order valence-electron chi connectivity index (χ1n) is 6.75. The molecule has 0 bridgehead atoms. The van der Waals surface area contributed by atoms with Gasteiger partial charge in [-0.25, -0.2) is 0 Å². The molecule has 0 spiro atoms. The van der Waals surface area contributed by atoms with Gasteiger partial charge in [-0.15, -0.1) is 0 Å². The largest absolute Gasteiger partial charge is 0.497 e. The van der Waals surface area contributed by atoms with Crippen molar-refractivity contribution in [3.63, 3.8) is 0 Å². The smallest absolute Gasteiger partial charge is 0.305 e. The van der Waals surface area contributed by atoms with E-state index in [0.717, 1.165) is 33.2 Å². The molecule has 0 aliphatic heterocycles. The first kappa shape index (κ1) is 13.4. The molecule has 21 heavy (non-hydrogen) atoms. The summed E-state index contributed by atoms with van der Waals surface area (Å²) in [7, 11) is 1.62. The maximum atomic E-state index is 10.9. The molecule has 5 nitrogen and oxygen atoms in total. The number of carboxylic acids is 1. The lowest BCUT2D eigenvalue weighted by Crippen LogP contribution is -2.05. The van der Waals surface area contributed by atoms with Crippen molar-refractivity contribution in [2.45, 2.75) is 19.9 Å². The molecule has 1 N–H and O–H groups in total. The van der Waals surface area contributed by atoms with Crippen molar-refractivity contribution >= 4 is 27.8 Å². The van der Waals surface area contributed by atoms with Gasteiger partial charge >= 0.3 is 5.97 Å². The Morgan fingerprint density at radius 2 is 2.14 bits per heavy atom. The van der Waals surface area contributed by atoms with E-state index in [1.165, 1.54) is 0 Å². The van der Waals surface area contributed by atoms with Gasteiger partial charge in [0, 0.05) is 29.6 Å². The van der Waals surface area contributed by atoms with E-state index in [-0.39, 0.29) is 6.42 Å². The second-order valence-electron chi connectivity index (χ2n) is 4.97. The Bertz CT molecular complexity index is 836. The van der Waals surface area contributed by atoms with E-state index in [4.69, 9.17) is 9.84 Å². The van der Waals surface area contributed by atoms with Crippen LogP contribution >= 0.6 is 0 Å². The molecule has 108 valence electrons. The molecule has 0 aliphatic rings. The Labute approximate surface area is 121 Å². The number of nitrogens with zero attached hydrogens (tertiary/aromatic N) is 2. The summed E-state index contributed by atoms with van der Waals surface area (Å²) < 4.78 is 7.30. The number of fused-ring (bicyclic) bond motifs is 3. The minimum atomic E-state index is -0.811. The van der Waals surface area contributed by atoms with E-state index in [0.29, 0.717) is 6.54 Å². The van der Waals surface area contributed by atoms with Crippen LogP contribution in [0.15, 0.2) is 30.5 Å². The fourth-order valence-corrected chi connectivity index (χ4v) is 2.77.